The molecule has 0 atom stereocenters. The molecular weight excluding hydrogens is 212 g/mol. The molecule has 0 radical (unpaired) electrons. The molecule has 1 aromatic rings. The predicted octanol–water partition coefficient (Wildman–Crippen LogP) is 2.89. The van der Waals surface area contributed by atoms with Crippen molar-refractivity contribution in [1.82, 2.24) is 4.90 Å². The van der Waals surface area contributed by atoms with E-state index in [0.717, 1.165) is 30.5 Å². The zero-order chi connectivity index (χ0) is 12.1. The van der Waals surface area contributed by atoms with Crippen molar-refractivity contribution in [3.63, 3.8) is 0 Å². The van der Waals surface area contributed by atoms with Crippen molar-refractivity contribution in [3.05, 3.63) is 23.7 Å². The van der Waals surface area contributed by atoms with Gasteiger partial charge in [-0.2, -0.15) is 0 Å². The molecule has 0 aromatic carbocycles. The van der Waals surface area contributed by atoms with E-state index in [1.165, 1.54) is 32.1 Å². The van der Waals surface area contributed by atoms with Crippen molar-refractivity contribution in [3.8, 4) is 0 Å². The highest BCUT2D eigenvalue weighted by molar-refractivity contribution is 5.16. The van der Waals surface area contributed by atoms with Gasteiger partial charge in [-0.1, -0.05) is 26.2 Å². The van der Waals surface area contributed by atoms with E-state index < -0.39 is 0 Å². The van der Waals surface area contributed by atoms with Crippen LogP contribution < -0.4 is 5.73 Å². The van der Waals surface area contributed by atoms with E-state index in [1.807, 2.05) is 6.07 Å². The topological polar surface area (TPSA) is 42.4 Å². The molecule has 0 amide bonds. The second-order valence-electron chi connectivity index (χ2n) is 4.93. The smallest absolute Gasteiger partial charge is 0.122 e. The first kappa shape index (κ1) is 12.7. The molecule has 0 bridgehead atoms. The van der Waals surface area contributed by atoms with Crippen LogP contribution in [0.3, 0.4) is 0 Å². The van der Waals surface area contributed by atoms with Crippen molar-refractivity contribution in [2.24, 2.45) is 5.73 Å². The summed E-state index contributed by atoms with van der Waals surface area (Å²) in [5, 5.41) is 0. The van der Waals surface area contributed by atoms with E-state index in [4.69, 9.17) is 10.2 Å². The molecule has 1 aliphatic carbocycles. The molecule has 0 aliphatic heterocycles. The molecule has 1 fully saturated rings. The van der Waals surface area contributed by atoms with Crippen LogP contribution >= 0.6 is 0 Å². The Morgan fingerprint density at radius 3 is 2.76 bits per heavy atom. The normalized spacial score (nSPS) is 17.8. The molecule has 96 valence electrons. The second kappa shape index (κ2) is 6.22. The van der Waals surface area contributed by atoms with Crippen LogP contribution in [-0.4, -0.2) is 17.5 Å². The molecule has 1 heterocycles. The van der Waals surface area contributed by atoms with Gasteiger partial charge in [0.25, 0.3) is 0 Å². The van der Waals surface area contributed by atoms with Gasteiger partial charge >= 0.3 is 0 Å². The maximum atomic E-state index is 5.71. The highest BCUT2D eigenvalue weighted by atomic mass is 16.3. The molecule has 1 aromatic heterocycles. The van der Waals surface area contributed by atoms with Crippen LogP contribution in [0.4, 0.5) is 0 Å². The summed E-state index contributed by atoms with van der Waals surface area (Å²) in [6.45, 7) is 4.82. The molecule has 2 N–H and O–H groups in total. The molecule has 3 nitrogen and oxygen atoms in total. The summed E-state index contributed by atoms with van der Waals surface area (Å²) < 4.78 is 5.56. The standard InChI is InChI=1S/C14H24N2O/c1-2-16(13-6-4-3-5-7-13)11-14-12(10-15)8-9-17-14/h8-9,13H,2-7,10-11,15H2,1H3. The first-order valence-electron chi connectivity index (χ1n) is 6.84. The fourth-order valence-corrected chi connectivity index (χ4v) is 2.82. The summed E-state index contributed by atoms with van der Waals surface area (Å²) in [4.78, 5) is 2.54. The van der Waals surface area contributed by atoms with Crippen molar-refractivity contribution in [2.75, 3.05) is 6.54 Å². The Labute approximate surface area is 104 Å². The third kappa shape index (κ3) is 3.11. The second-order valence-corrected chi connectivity index (χ2v) is 4.93. The monoisotopic (exact) mass is 236 g/mol. The molecule has 1 saturated carbocycles. The minimum Gasteiger partial charge on any atom is -0.468 e. The Balaban J connectivity index is 1.98. The largest absolute Gasteiger partial charge is 0.468 e. The van der Waals surface area contributed by atoms with Crippen molar-refractivity contribution in [2.45, 2.75) is 58.2 Å². The fraction of sp³-hybridized carbons (Fsp3) is 0.714. The number of hydrogen-bond acceptors (Lipinski definition) is 3. The van der Waals surface area contributed by atoms with E-state index >= 15 is 0 Å². The first-order valence-corrected chi connectivity index (χ1v) is 6.84. The van der Waals surface area contributed by atoms with Crippen LogP contribution in [0.25, 0.3) is 0 Å². The summed E-state index contributed by atoms with van der Waals surface area (Å²) in [6, 6.07) is 2.73. The van der Waals surface area contributed by atoms with Gasteiger partial charge in [0.05, 0.1) is 12.8 Å². The molecule has 0 spiro atoms. The van der Waals surface area contributed by atoms with Crippen LogP contribution in [-0.2, 0) is 13.1 Å². The molecule has 0 saturated heterocycles. The molecule has 2 rings (SSSR count). The average Bonchev–Trinajstić information content (AvgIpc) is 2.84. The fourth-order valence-electron chi connectivity index (χ4n) is 2.82. The van der Waals surface area contributed by atoms with Crippen LogP contribution in [0.2, 0.25) is 0 Å². The molecule has 17 heavy (non-hydrogen) atoms. The first-order chi connectivity index (χ1) is 8.35. The van der Waals surface area contributed by atoms with Gasteiger partial charge in [0.2, 0.25) is 0 Å². The van der Waals surface area contributed by atoms with E-state index in [1.54, 1.807) is 6.26 Å². The van der Waals surface area contributed by atoms with E-state index in [9.17, 15) is 0 Å². The quantitative estimate of drug-likeness (QED) is 0.854. The van der Waals surface area contributed by atoms with Crippen LogP contribution in [0.5, 0.6) is 0 Å². The van der Waals surface area contributed by atoms with Crippen molar-refractivity contribution >= 4 is 0 Å². The lowest BCUT2D eigenvalue weighted by atomic mass is 9.94. The average molecular weight is 236 g/mol. The molecule has 1 aliphatic rings. The van der Waals surface area contributed by atoms with Gasteiger partial charge in [0, 0.05) is 18.2 Å². The van der Waals surface area contributed by atoms with Gasteiger partial charge < -0.3 is 10.2 Å². The van der Waals surface area contributed by atoms with Crippen LogP contribution in [0, 0.1) is 0 Å². The highest BCUT2D eigenvalue weighted by Crippen LogP contribution is 2.24. The maximum absolute atomic E-state index is 5.71. The zero-order valence-corrected chi connectivity index (χ0v) is 10.8. The third-order valence-electron chi connectivity index (χ3n) is 3.90. The lowest BCUT2D eigenvalue weighted by Crippen LogP contribution is -2.36. The summed E-state index contributed by atoms with van der Waals surface area (Å²) in [7, 11) is 0. The Morgan fingerprint density at radius 2 is 2.12 bits per heavy atom. The number of nitrogens with two attached hydrogens (primary N) is 1. The summed E-state index contributed by atoms with van der Waals surface area (Å²) in [5.41, 5.74) is 6.86. The third-order valence-corrected chi connectivity index (χ3v) is 3.90. The Bertz CT molecular complexity index is 329. The van der Waals surface area contributed by atoms with Gasteiger partial charge in [-0.3, -0.25) is 4.90 Å². The van der Waals surface area contributed by atoms with Gasteiger partial charge in [0.15, 0.2) is 0 Å². The summed E-state index contributed by atoms with van der Waals surface area (Å²) >= 11 is 0. The lowest BCUT2D eigenvalue weighted by Gasteiger charge is -2.33. The lowest BCUT2D eigenvalue weighted by molar-refractivity contribution is 0.145. The number of rotatable bonds is 5. The molecule has 3 heteroatoms. The Morgan fingerprint density at radius 1 is 1.35 bits per heavy atom. The van der Waals surface area contributed by atoms with Gasteiger partial charge in [-0.25, -0.2) is 0 Å². The van der Waals surface area contributed by atoms with E-state index in [0.29, 0.717) is 6.54 Å². The van der Waals surface area contributed by atoms with E-state index in [-0.39, 0.29) is 0 Å². The summed E-state index contributed by atoms with van der Waals surface area (Å²) in [5.74, 6) is 1.06. The minimum atomic E-state index is 0.577. The maximum Gasteiger partial charge on any atom is 0.122 e. The van der Waals surface area contributed by atoms with Gasteiger partial charge in [0.1, 0.15) is 5.76 Å². The van der Waals surface area contributed by atoms with Crippen molar-refractivity contribution in [1.29, 1.82) is 0 Å². The Kier molecular flexibility index (Phi) is 4.63. The Hall–Kier alpha value is -0.800. The number of nitrogens with zero attached hydrogens (tertiary/aromatic N) is 1. The predicted molar refractivity (Wildman–Crippen MR) is 69.6 cm³/mol. The van der Waals surface area contributed by atoms with Crippen LogP contribution in [0.1, 0.15) is 50.4 Å². The zero-order valence-electron chi connectivity index (χ0n) is 10.8. The highest BCUT2D eigenvalue weighted by Gasteiger charge is 2.21. The minimum absolute atomic E-state index is 0.577. The van der Waals surface area contributed by atoms with Gasteiger partial charge in [-0.05, 0) is 25.5 Å². The SMILES string of the molecule is CCN(Cc1occc1CN)C1CCCCC1. The summed E-state index contributed by atoms with van der Waals surface area (Å²) in [6.07, 6.45) is 8.60. The van der Waals surface area contributed by atoms with Crippen LogP contribution in [0.15, 0.2) is 16.7 Å². The van der Waals surface area contributed by atoms with E-state index in [2.05, 4.69) is 11.8 Å². The number of hydrogen-bond donors (Lipinski definition) is 1. The molecule has 0 unspecified atom stereocenters. The van der Waals surface area contributed by atoms with Crippen molar-refractivity contribution < 1.29 is 4.42 Å². The van der Waals surface area contributed by atoms with Gasteiger partial charge in [-0.15, -0.1) is 0 Å². The molecular formula is C14H24N2O. The number of furan rings is 1.